The molecule has 1 heterocycles. The summed E-state index contributed by atoms with van der Waals surface area (Å²) in [4.78, 5) is 6.93. The number of aliphatic hydroxyl groups excluding tert-OH is 1. The van der Waals surface area contributed by atoms with Gasteiger partial charge in [0.15, 0.2) is 5.96 Å². The average molecular weight is 483 g/mol. The van der Waals surface area contributed by atoms with Gasteiger partial charge in [-0.25, -0.2) is 0 Å². The highest BCUT2D eigenvalue weighted by molar-refractivity contribution is 14.0. The second kappa shape index (κ2) is 10.0. The second-order valence-corrected chi connectivity index (χ2v) is 7.64. The minimum Gasteiger partial charge on any atom is -0.392 e. The summed E-state index contributed by atoms with van der Waals surface area (Å²) in [5.74, 6) is 0.869. The van der Waals surface area contributed by atoms with Crippen molar-refractivity contribution in [3.05, 3.63) is 23.0 Å². The Hall–Kier alpha value is -0.470. The van der Waals surface area contributed by atoms with Crippen LogP contribution in [0.25, 0.3) is 0 Å². The van der Waals surface area contributed by atoms with Crippen molar-refractivity contribution in [3.63, 3.8) is 0 Å². The third kappa shape index (κ3) is 6.03. The molecular weight excluding hydrogens is 451 g/mol. The topological polar surface area (TPSA) is 52.8 Å². The molecule has 1 fully saturated rings. The minimum atomic E-state index is -0.255. The lowest BCUT2D eigenvalue weighted by Gasteiger charge is -2.37. The molecule has 2 rings (SSSR count). The molecule has 7 heteroatoms. The van der Waals surface area contributed by atoms with Gasteiger partial charge in [-0.15, -0.1) is 24.0 Å². The van der Waals surface area contributed by atoms with Crippen LogP contribution in [0.4, 0.5) is 0 Å². The van der Waals surface area contributed by atoms with Crippen molar-refractivity contribution in [1.82, 2.24) is 14.8 Å². The Bertz CT molecular complexity index is 577. The van der Waals surface area contributed by atoms with Crippen LogP contribution >= 0.6 is 35.6 Å². The number of aliphatic hydroxyl groups is 1. The number of rotatable bonds is 5. The van der Waals surface area contributed by atoms with Crippen molar-refractivity contribution in [2.24, 2.45) is 17.5 Å². The molecule has 5 nitrogen and oxygen atoms in total. The summed E-state index contributed by atoms with van der Waals surface area (Å²) >= 11 is 6.07. The fourth-order valence-corrected chi connectivity index (χ4v) is 3.60. The van der Waals surface area contributed by atoms with Crippen LogP contribution in [0.2, 0.25) is 5.02 Å². The Kier molecular flexibility index (Phi) is 9.04. The first kappa shape index (κ1) is 22.6. The Morgan fingerprint density at radius 3 is 2.80 bits per heavy atom. The third-order valence-electron chi connectivity index (χ3n) is 5.04. The van der Waals surface area contributed by atoms with Gasteiger partial charge in [0.2, 0.25) is 0 Å². The first-order chi connectivity index (χ1) is 11.4. The zero-order chi connectivity index (χ0) is 17.7. The van der Waals surface area contributed by atoms with Gasteiger partial charge in [-0.2, -0.15) is 0 Å². The van der Waals surface area contributed by atoms with Gasteiger partial charge in [-0.1, -0.05) is 31.4 Å². The number of nitrogens with one attached hydrogen (secondary N) is 1. The van der Waals surface area contributed by atoms with E-state index in [2.05, 4.69) is 24.1 Å². The van der Waals surface area contributed by atoms with E-state index < -0.39 is 0 Å². The lowest BCUT2D eigenvalue weighted by atomic mass is 9.73. The van der Waals surface area contributed by atoms with Gasteiger partial charge in [0.1, 0.15) is 0 Å². The molecular formula is C18H32ClIN4O. The van der Waals surface area contributed by atoms with E-state index in [0.717, 1.165) is 49.0 Å². The largest absolute Gasteiger partial charge is 0.392 e. The number of guanidine groups is 1. The van der Waals surface area contributed by atoms with Gasteiger partial charge in [0, 0.05) is 37.9 Å². The van der Waals surface area contributed by atoms with Gasteiger partial charge in [0.05, 0.1) is 24.2 Å². The normalized spacial score (nSPS) is 23.9. The van der Waals surface area contributed by atoms with Crippen LogP contribution in [0.3, 0.4) is 0 Å². The summed E-state index contributed by atoms with van der Waals surface area (Å²) in [7, 11) is 4.03. The van der Waals surface area contributed by atoms with E-state index in [9.17, 15) is 5.11 Å². The van der Waals surface area contributed by atoms with Crippen molar-refractivity contribution < 1.29 is 5.11 Å². The van der Waals surface area contributed by atoms with Crippen LogP contribution in [0.1, 0.15) is 45.2 Å². The molecule has 1 aromatic rings. The molecule has 2 atom stereocenters. The Morgan fingerprint density at radius 1 is 1.52 bits per heavy atom. The first-order valence-corrected chi connectivity index (χ1v) is 9.22. The smallest absolute Gasteiger partial charge is 0.194 e. The molecule has 0 aromatic carbocycles. The number of nitrogens with zero attached hydrogens (tertiary/aromatic N) is 3. The van der Waals surface area contributed by atoms with Crippen molar-refractivity contribution in [2.75, 3.05) is 20.1 Å². The number of aliphatic imine (C=N–C) groups is 1. The molecule has 1 saturated carbocycles. The second-order valence-electron chi connectivity index (χ2n) is 7.20. The van der Waals surface area contributed by atoms with Gasteiger partial charge < -0.3 is 19.9 Å². The van der Waals surface area contributed by atoms with Crippen LogP contribution in [0, 0.1) is 5.41 Å². The highest BCUT2D eigenvalue weighted by Gasteiger charge is 2.35. The number of hydrogen-bond acceptors (Lipinski definition) is 2. The van der Waals surface area contributed by atoms with Crippen molar-refractivity contribution in [1.29, 1.82) is 0 Å². The van der Waals surface area contributed by atoms with Crippen LogP contribution in [-0.4, -0.2) is 46.8 Å². The van der Waals surface area contributed by atoms with Crippen LogP contribution < -0.4 is 5.32 Å². The predicted molar refractivity (Wildman–Crippen MR) is 116 cm³/mol. The summed E-state index contributed by atoms with van der Waals surface area (Å²) in [6.45, 7) is 6.42. The van der Waals surface area contributed by atoms with E-state index in [1.165, 1.54) is 6.42 Å². The number of hydrogen-bond donors (Lipinski definition) is 2. The molecule has 0 bridgehead atoms. The van der Waals surface area contributed by atoms with Crippen LogP contribution in [-0.2, 0) is 13.6 Å². The molecule has 0 spiro atoms. The Labute approximate surface area is 173 Å². The lowest BCUT2D eigenvalue weighted by molar-refractivity contribution is 0.00705. The molecule has 2 unspecified atom stereocenters. The fourth-order valence-electron chi connectivity index (χ4n) is 3.33. The summed E-state index contributed by atoms with van der Waals surface area (Å²) in [6.07, 6.45) is 5.88. The van der Waals surface area contributed by atoms with E-state index in [0.29, 0.717) is 6.54 Å². The number of aryl methyl sites for hydroxylation is 1. The fraction of sp³-hybridized carbons (Fsp3) is 0.722. The highest BCUT2D eigenvalue weighted by Crippen LogP contribution is 2.36. The monoisotopic (exact) mass is 482 g/mol. The SMILES string of the molecule is CCNC(=NCC1(C)CCCCC1O)N(C)Cc1cc(Cl)cn1C.I. The lowest BCUT2D eigenvalue weighted by Crippen LogP contribution is -2.42. The Morgan fingerprint density at radius 2 is 2.24 bits per heavy atom. The van der Waals surface area contributed by atoms with E-state index >= 15 is 0 Å². The summed E-state index contributed by atoms with van der Waals surface area (Å²) < 4.78 is 2.04. The first-order valence-electron chi connectivity index (χ1n) is 8.84. The maximum Gasteiger partial charge on any atom is 0.194 e. The average Bonchev–Trinajstić information content (AvgIpc) is 2.84. The molecule has 0 saturated heterocycles. The molecule has 0 aliphatic heterocycles. The highest BCUT2D eigenvalue weighted by atomic mass is 127. The van der Waals surface area contributed by atoms with Crippen molar-refractivity contribution >= 4 is 41.5 Å². The van der Waals surface area contributed by atoms with E-state index in [4.69, 9.17) is 16.6 Å². The molecule has 1 aromatic heterocycles. The van der Waals surface area contributed by atoms with Gasteiger partial charge >= 0.3 is 0 Å². The predicted octanol–water partition coefficient (Wildman–Crippen LogP) is 3.64. The standard InChI is InChI=1S/C18H31ClN4O.HI/c1-5-20-17(21-13-18(2)9-7-6-8-16(18)24)23(4)12-15-10-14(19)11-22(15)3;/h10-11,16,24H,5-9,12-13H2,1-4H3,(H,20,21);1H. The van der Waals surface area contributed by atoms with Gasteiger partial charge in [-0.05, 0) is 25.8 Å². The van der Waals surface area contributed by atoms with E-state index in [1.54, 1.807) is 0 Å². The maximum atomic E-state index is 10.4. The van der Waals surface area contributed by atoms with E-state index in [1.807, 2.05) is 30.9 Å². The molecule has 0 amide bonds. The van der Waals surface area contributed by atoms with Gasteiger partial charge in [-0.3, -0.25) is 4.99 Å². The third-order valence-corrected chi connectivity index (χ3v) is 5.25. The van der Waals surface area contributed by atoms with Crippen LogP contribution in [0.15, 0.2) is 17.3 Å². The maximum absolute atomic E-state index is 10.4. The molecule has 0 radical (unpaired) electrons. The zero-order valence-corrected chi connectivity index (χ0v) is 18.8. The van der Waals surface area contributed by atoms with E-state index in [-0.39, 0.29) is 35.5 Å². The minimum absolute atomic E-state index is 0. The molecule has 1 aliphatic rings. The molecule has 25 heavy (non-hydrogen) atoms. The molecule has 1 aliphatic carbocycles. The van der Waals surface area contributed by atoms with Gasteiger partial charge in [0.25, 0.3) is 0 Å². The Balaban J connectivity index is 0.00000312. The zero-order valence-electron chi connectivity index (χ0n) is 15.8. The molecule has 2 N–H and O–H groups in total. The van der Waals surface area contributed by atoms with Crippen molar-refractivity contribution in [2.45, 2.75) is 52.2 Å². The molecule has 144 valence electrons. The number of halogens is 2. The number of aromatic nitrogens is 1. The van der Waals surface area contributed by atoms with Crippen molar-refractivity contribution in [3.8, 4) is 0 Å². The summed E-state index contributed by atoms with van der Waals surface area (Å²) in [5, 5.41) is 14.5. The summed E-state index contributed by atoms with van der Waals surface area (Å²) in [5.41, 5.74) is 1.02. The quantitative estimate of drug-likeness (QED) is 0.383. The summed E-state index contributed by atoms with van der Waals surface area (Å²) in [6, 6.07) is 1.98. The van der Waals surface area contributed by atoms with Crippen LogP contribution in [0.5, 0.6) is 0 Å².